The van der Waals surface area contributed by atoms with E-state index < -0.39 is 34.7 Å². The van der Waals surface area contributed by atoms with Gasteiger partial charge in [-0.2, -0.15) is 0 Å². The molecule has 2 amide bonds. The lowest BCUT2D eigenvalue weighted by molar-refractivity contribution is -0.145. The van der Waals surface area contributed by atoms with Crippen LogP contribution in [0.4, 0.5) is 22.1 Å². The first-order valence-electron chi connectivity index (χ1n) is 12.4. The van der Waals surface area contributed by atoms with Gasteiger partial charge in [0.25, 0.3) is 11.5 Å². The van der Waals surface area contributed by atoms with E-state index in [0.717, 1.165) is 5.69 Å². The van der Waals surface area contributed by atoms with Crippen LogP contribution >= 0.6 is 0 Å². The van der Waals surface area contributed by atoms with Gasteiger partial charge in [-0.3, -0.25) is 9.59 Å². The minimum Gasteiger partial charge on any atom is -0.480 e. The van der Waals surface area contributed by atoms with Crippen LogP contribution in [0, 0.1) is 0 Å². The minimum atomic E-state index is -1.46. The number of benzene rings is 1. The maximum Gasteiger partial charge on any atom is 0.408 e. The molecule has 4 rings (SSSR count). The zero-order chi connectivity index (χ0) is 28.4. The number of para-hydroxylation sites is 1. The summed E-state index contributed by atoms with van der Waals surface area (Å²) in [6.45, 7) is 5.65. The zero-order valence-corrected chi connectivity index (χ0v) is 22.1. The molecule has 0 aliphatic carbocycles. The molecule has 206 valence electrons. The van der Waals surface area contributed by atoms with Crippen molar-refractivity contribution >= 4 is 46.2 Å². The molecular weight excluding hydrogens is 506 g/mol. The average molecular weight is 538 g/mol. The normalized spacial score (nSPS) is 14.9. The highest BCUT2D eigenvalue weighted by Crippen LogP contribution is 2.26. The molecular formula is C26H31N7O6. The number of nitrogens with zero attached hydrogens (tertiary/aromatic N) is 3. The van der Waals surface area contributed by atoms with Crippen molar-refractivity contribution in [3.8, 4) is 0 Å². The van der Waals surface area contributed by atoms with E-state index in [4.69, 9.17) is 4.74 Å². The Kier molecular flexibility index (Phi) is 7.43. The molecule has 13 heteroatoms. The molecule has 2 aromatic heterocycles. The van der Waals surface area contributed by atoms with E-state index in [-0.39, 0.29) is 37.2 Å². The summed E-state index contributed by atoms with van der Waals surface area (Å²) in [6, 6.07) is 6.95. The lowest BCUT2D eigenvalue weighted by Crippen LogP contribution is -2.60. The van der Waals surface area contributed by atoms with Crippen molar-refractivity contribution in [1.82, 2.24) is 20.3 Å². The molecule has 3 aromatic rings. The number of alkyl carbamates (subject to hydrolysis) is 1. The third kappa shape index (κ3) is 6.08. The number of nitrogens with one attached hydrogen (secondary N) is 4. The molecule has 0 unspecified atom stereocenters. The molecule has 5 N–H and O–H groups in total. The van der Waals surface area contributed by atoms with Crippen molar-refractivity contribution < 1.29 is 24.2 Å². The average Bonchev–Trinajstić information content (AvgIpc) is 2.87. The number of pyridine rings is 1. The molecule has 3 heterocycles. The van der Waals surface area contributed by atoms with E-state index >= 15 is 0 Å². The number of carboxylic acids is 1. The fourth-order valence-electron chi connectivity index (χ4n) is 4.34. The van der Waals surface area contributed by atoms with Gasteiger partial charge >= 0.3 is 12.1 Å². The first-order chi connectivity index (χ1) is 18.4. The number of aromatic amines is 1. The van der Waals surface area contributed by atoms with E-state index in [1.165, 1.54) is 18.5 Å². The second-order valence-corrected chi connectivity index (χ2v) is 10.3. The van der Waals surface area contributed by atoms with Crippen LogP contribution in [0.25, 0.3) is 10.9 Å². The number of ether oxygens (including phenoxy) is 1. The second-order valence-electron chi connectivity index (χ2n) is 10.3. The zero-order valence-electron chi connectivity index (χ0n) is 22.1. The van der Waals surface area contributed by atoms with Crippen LogP contribution < -0.4 is 26.4 Å². The van der Waals surface area contributed by atoms with Crippen LogP contribution in [-0.2, 0) is 9.53 Å². The lowest BCUT2D eigenvalue weighted by Gasteiger charge is -2.39. The van der Waals surface area contributed by atoms with Gasteiger partial charge in [0, 0.05) is 25.5 Å². The summed E-state index contributed by atoms with van der Waals surface area (Å²) in [5.41, 5.74) is -1.19. The van der Waals surface area contributed by atoms with Crippen LogP contribution in [0.1, 0.15) is 44.0 Å². The fourth-order valence-corrected chi connectivity index (χ4v) is 4.34. The summed E-state index contributed by atoms with van der Waals surface area (Å²) in [5, 5.41) is 18.7. The minimum absolute atomic E-state index is 0.0571. The monoisotopic (exact) mass is 537 g/mol. The van der Waals surface area contributed by atoms with Gasteiger partial charge in [0.2, 0.25) is 5.95 Å². The summed E-state index contributed by atoms with van der Waals surface area (Å²) in [5.74, 6) is -1.41. The van der Waals surface area contributed by atoms with E-state index in [2.05, 4.69) is 30.9 Å². The number of aromatic nitrogens is 3. The van der Waals surface area contributed by atoms with Gasteiger partial charge in [-0.25, -0.2) is 19.6 Å². The smallest absolute Gasteiger partial charge is 0.408 e. The van der Waals surface area contributed by atoms with Crippen molar-refractivity contribution in [3.05, 3.63) is 52.6 Å². The number of carboxylic acid groups (broad SMARTS) is 1. The molecule has 39 heavy (non-hydrogen) atoms. The number of H-pyrrole nitrogens is 1. The number of hydrogen-bond donors (Lipinski definition) is 5. The van der Waals surface area contributed by atoms with Crippen LogP contribution in [0.3, 0.4) is 0 Å². The number of anilines is 3. The standard InChI is InChI=1S/C26H31N7O6/c1-25(2,3)39-24(38)32-26(22(36)37)8-10-33(11-9-26)23-28-13-16(14-29-23)30-20(34)17-12-15-6-5-7-18(27-4)19(15)31-21(17)35/h5-7,12-14,27H,8-11H2,1-4H3,(H,30,34)(H,31,35)(H,32,38)(H,36,37). The Morgan fingerprint density at radius 3 is 2.38 bits per heavy atom. The molecule has 1 aliphatic heterocycles. The quantitative estimate of drug-likeness (QED) is 0.314. The van der Waals surface area contributed by atoms with E-state index in [0.29, 0.717) is 16.9 Å². The predicted molar refractivity (Wildman–Crippen MR) is 145 cm³/mol. The number of hydrogen-bond acceptors (Lipinski definition) is 9. The molecule has 1 aliphatic rings. The van der Waals surface area contributed by atoms with Gasteiger partial charge in [-0.1, -0.05) is 12.1 Å². The SMILES string of the molecule is CNc1cccc2cc(C(=O)Nc3cnc(N4CCC(NC(=O)OC(C)(C)C)(C(=O)O)CC4)nc3)c(=O)[nH]c12. The van der Waals surface area contributed by atoms with E-state index in [9.17, 15) is 24.3 Å². The summed E-state index contributed by atoms with van der Waals surface area (Å²) < 4.78 is 5.23. The van der Waals surface area contributed by atoms with Crippen LogP contribution in [0.5, 0.6) is 0 Å². The highest BCUT2D eigenvalue weighted by molar-refractivity contribution is 6.06. The largest absolute Gasteiger partial charge is 0.480 e. The number of piperidine rings is 1. The Bertz CT molecular complexity index is 1450. The molecule has 1 fully saturated rings. The van der Waals surface area contributed by atoms with Crippen LogP contribution in [0.15, 0.2) is 41.5 Å². The highest BCUT2D eigenvalue weighted by atomic mass is 16.6. The summed E-state index contributed by atoms with van der Waals surface area (Å²) in [4.78, 5) is 62.8. The summed E-state index contributed by atoms with van der Waals surface area (Å²) in [6.07, 6.45) is 2.26. The number of fused-ring (bicyclic) bond motifs is 1. The third-order valence-corrected chi connectivity index (χ3v) is 6.34. The van der Waals surface area contributed by atoms with Gasteiger partial charge in [0.1, 0.15) is 16.7 Å². The van der Waals surface area contributed by atoms with Crippen molar-refractivity contribution in [3.63, 3.8) is 0 Å². The molecule has 0 spiro atoms. The first-order valence-corrected chi connectivity index (χ1v) is 12.4. The molecule has 0 radical (unpaired) electrons. The Hall–Kier alpha value is -4.68. The number of rotatable bonds is 6. The Morgan fingerprint density at radius 2 is 1.79 bits per heavy atom. The number of aliphatic carboxylic acids is 1. The Balaban J connectivity index is 1.41. The van der Waals surface area contributed by atoms with Gasteiger partial charge in [-0.15, -0.1) is 0 Å². The van der Waals surface area contributed by atoms with Crippen molar-refractivity contribution in [2.45, 2.75) is 44.8 Å². The van der Waals surface area contributed by atoms with Gasteiger partial charge in [0.15, 0.2) is 0 Å². The van der Waals surface area contributed by atoms with Crippen molar-refractivity contribution in [2.75, 3.05) is 35.7 Å². The van der Waals surface area contributed by atoms with Gasteiger partial charge < -0.3 is 35.7 Å². The molecule has 0 bridgehead atoms. The maximum absolute atomic E-state index is 12.8. The summed E-state index contributed by atoms with van der Waals surface area (Å²) in [7, 11) is 1.74. The topological polar surface area (TPSA) is 179 Å². The number of amides is 2. The Labute approximate surface area is 224 Å². The molecule has 1 saturated heterocycles. The van der Waals surface area contributed by atoms with Crippen molar-refractivity contribution in [1.29, 1.82) is 0 Å². The molecule has 0 saturated carbocycles. The highest BCUT2D eigenvalue weighted by Gasteiger charge is 2.44. The van der Waals surface area contributed by atoms with Crippen LogP contribution in [-0.4, -0.2) is 69.3 Å². The van der Waals surface area contributed by atoms with E-state index in [1.807, 2.05) is 12.1 Å². The second kappa shape index (κ2) is 10.6. The summed E-state index contributed by atoms with van der Waals surface area (Å²) >= 11 is 0. The Morgan fingerprint density at radius 1 is 1.13 bits per heavy atom. The molecule has 13 nitrogen and oxygen atoms in total. The van der Waals surface area contributed by atoms with E-state index in [1.54, 1.807) is 38.8 Å². The number of carbonyl (C=O) groups is 3. The number of carbonyl (C=O) groups excluding carboxylic acids is 2. The maximum atomic E-state index is 12.8. The van der Waals surface area contributed by atoms with Crippen molar-refractivity contribution in [2.24, 2.45) is 0 Å². The molecule has 1 aromatic carbocycles. The third-order valence-electron chi connectivity index (χ3n) is 6.34. The molecule has 0 atom stereocenters. The first kappa shape index (κ1) is 27.4. The van der Waals surface area contributed by atoms with Gasteiger partial charge in [0.05, 0.1) is 29.3 Å². The van der Waals surface area contributed by atoms with Gasteiger partial charge in [-0.05, 0) is 45.7 Å². The predicted octanol–water partition coefficient (Wildman–Crippen LogP) is 2.56. The van der Waals surface area contributed by atoms with Crippen LogP contribution in [0.2, 0.25) is 0 Å². The fraction of sp³-hybridized carbons (Fsp3) is 0.385. The lowest BCUT2D eigenvalue weighted by atomic mass is 9.87.